The number of alkyl halides is 3. The maximum Gasteiger partial charge on any atom is 0.416 e. The van der Waals surface area contributed by atoms with E-state index < -0.39 is 17.6 Å². The van der Waals surface area contributed by atoms with E-state index in [4.69, 9.17) is 20.8 Å². The van der Waals surface area contributed by atoms with Crippen LogP contribution in [0.4, 0.5) is 13.2 Å². The molecule has 2 aromatic carbocycles. The lowest BCUT2D eigenvalue weighted by molar-refractivity contribution is -0.137. The Hall–Kier alpha value is -3.26. The van der Waals surface area contributed by atoms with Gasteiger partial charge in [-0.25, -0.2) is 5.43 Å². The number of nitrogens with zero attached hydrogens (tertiary/aromatic N) is 1. The Labute approximate surface area is 181 Å². The van der Waals surface area contributed by atoms with E-state index in [-0.39, 0.29) is 23.7 Å². The third-order valence-electron chi connectivity index (χ3n) is 4.26. The molecular weight excluding hydrogens is 433 g/mol. The van der Waals surface area contributed by atoms with Gasteiger partial charge in [0.25, 0.3) is 5.91 Å². The van der Waals surface area contributed by atoms with Crippen molar-refractivity contribution in [2.75, 3.05) is 6.61 Å². The van der Waals surface area contributed by atoms with E-state index in [0.29, 0.717) is 10.8 Å². The second-order valence-corrected chi connectivity index (χ2v) is 7.11. The summed E-state index contributed by atoms with van der Waals surface area (Å²) in [6.45, 7) is 3.42. The van der Waals surface area contributed by atoms with Crippen LogP contribution in [-0.2, 0) is 11.0 Å². The first-order chi connectivity index (χ1) is 14.6. The van der Waals surface area contributed by atoms with E-state index in [0.717, 1.165) is 23.3 Å². The van der Waals surface area contributed by atoms with Crippen LogP contribution in [0.1, 0.15) is 22.5 Å². The van der Waals surface area contributed by atoms with Gasteiger partial charge in [0.1, 0.15) is 17.3 Å². The molecule has 0 aliphatic rings. The number of hydrogen-bond acceptors (Lipinski definition) is 4. The van der Waals surface area contributed by atoms with Crippen molar-refractivity contribution in [3.63, 3.8) is 0 Å². The highest BCUT2D eigenvalue weighted by atomic mass is 35.5. The average Bonchev–Trinajstić information content (AvgIpc) is 3.19. The molecule has 1 heterocycles. The van der Waals surface area contributed by atoms with E-state index in [9.17, 15) is 18.0 Å². The number of hydrogen-bond donors (Lipinski definition) is 1. The zero-order valence-electron chi connectivity index (χ0n) is 16.6. The van der Waals surface area contributed by atoms with Crippen molar-refractivity contribution in [3.05, 3.63) is 76.0 Å². The van der Waals surface area contributed by atoms with Crippen molar-refractivity contribution in [1.82, 2.24) is 5.43 Å². The Morgan fingerprint density at radius 3 is 2.55 bits per heavy atom. The SMILES string of the molecule is Cc1cc(OCC(=O)N/N=C\c2ccc(-c3cccc(C(F)(F)F)c3)o2)cc(C)c1Cl. The third-order valence-corrected chi connectivity index (χ3v) is 4.86. The summed E-state index contributed by atoms with van der Waals surface area (Å²) in [6.07, 6.45) is -3.20. The number of carbonyl (C=O) groups is 1. The molecule has 0 aliphatic heterocycles. The molecule has 9 heteroatoms. The lowest BCUT2D eigenvalue weighted by Crippen LogP contribution is -2.24. The number of amides is 1. The number of hydrazone groups is 1. The van der Waals surface area contributed by atoms with Crippen molar-refractivity contribution < 1.29 is 27.1 Å². The molecule has 3 rings (SSSR count). The highest BCUT2D eigenvalue weighted by molar-refractivity contribution is 6.32. The van der Waals surface area contributed by atoms with Gasteiger partial charge < -0.3 is 9.15 Å². The van der Waals surface area contributed by atoms with Crippen LogP contribution in [0.15, 0.2) is 58.0 Å². The largest absolute Gasteiger partial charge is 0.484 e. The molecular formula is C22H18ClF3N2O3. The number of aryl methyl sites for hydroxylation is 2. The Morgan fingerprint density at radius 2 is 1.87 bits per heavy atom. The lowest BCUT2D eigenvalue weighted by Gasteiger charge is -2.09. The standard InChI is InChI=1S/C22H18ClF3N2O3/c1-13-8-18(9-14(2)21(13)23)30-12-20(29)28-27-11-17-6-7-19(31-17)15-4-3-5-16(10-15)22(24,25)26/h3-11H,12H2,1-2H3,(H,28,29)/b27-11-. The van der Waals surface area contributed by atoms with Gasteiger partial charge >= 0.3 is 6.18 Å². The Balaban J connectivity index is 1.56. The molecule has 31 heavy (non-hydrogen) atoms. The summed E-state index contributed by atoms with van der Waals surface area (Å²) in [5, 5.41) is 4.41. The zero-order chi connectivity index (χ0) is 22.6. The molecule has 0 spiro atoms. The summed E-state index contributed by atoms with van der Waals surface area (Å²) in [6, 6.07) is 11.3. The van der Waals surface area contributed by atoms with E-state index >= 15 is 0 Å². The minimum absolute atomic E-state index is 0.246. The van der Waals surface area contributed by atoms with Crippen molar-refractivity contribution >= 4 is 23.7 Å². The number of furan rings is 1. The zero-order valence-corrected chi connectivity index (χ0v) is 17.3. The predicted molar refractivity (Wildman–Crippen MR) is 111 cm³/mol. The molecule has 1 N–H and O–H groups in total. The first-order valence-electron chi connectivity index (χ1n) is 9.12. The van der Waals surface area contributed by atoms with E-state index in [1.165, 1.54) is 30.5 Å². The second-order valence-electron chi connectivity index (χ2n) is 6.73. The highest BCUT2D eigenvalue weighted by Gasteiger charge is 2.30. The topological polar surface area (TPSA) is 63.8 Å². The first-order valence-corrected chi connectivity index (χ1v) is 9.50. The number of halogens is 4. The van der Waals surface area contributed by atoms with Crippen LogP contribution in [0.3, 0.4) is 0 Å². The van der Waals surface area contributed by atoms with Gasteiger partial charge in [0, 0.05) is 10.6 Å². The van der Waals surface area contributed by atoms with E-state index in [1.54, 1.807) is 12.1 Å². The fourth-order valence-corrected chi connectivity index (χ4v) is 2.87. The van der Waals surface area contributed by atoms with Crippen LogP contribution in [0.25, 0.3) is 11.3 Å². The molecule has 0 fully saturated rings. The maximum atomic E-state index is 12.9. The molecule has 0 aliphatic carbocycles. The summed E-state index contributed by atoms with van der Waals surface area (Å²) in [4.78, 5) is 11.9. The first kappa shape index (κ1) is 22.4. The summed E-state index contributed by atoms with van der Waals surface area (Å²) >= 11 is 6.09. The van der Waals surface area contributed by atoms with Gasteiger partial charge in [0.15, 0.2) is 6.61 Å². The van der Waals surface area contributed by atoms with Crippen LogP contribution >= 0.6 is 11.6 Å². The lowest BCUT2D eigenvalue weighted by atomic mass is 10.1. The van der Waals surface area contributed by atoms with Gasteiger partial charge in [0.2, 0.25) is 0 Å². The maximum absolute atomic E-state index is 12.9. The number of carbonyl (C=O) groups excluding carboxylic acids is 1. The molecule has 1 aromatic heterocycles. The van der Waals surface area contributed by atoms with Gasteiger partial charge in [-0.05, 0) is 61.4 Å². The van der Waals surface area contributed by atoms with Crippen LogP contribution in [0.2, 0.25) is 5.02 Å². The molecule has 0 saturated heterocycles. The molecule has 0 atom stereocenters. The minimum Gasteiger partial charge on any atom is -0.484 e. The fraction of sp³-hybridized carbons (Fsp3) is 0.182. The van der Waals surface area contributed by atoms with Crippen molar-refractivity contribution in [2.45, 2.75) is 20.0 Å². The van der Waals surface area contributed by atoms with E-state index in [1.807, 2.05) is 13.8 Å². The van der Waals surface area contributed by atoms with Gasteiger partial charge in [-0.3, -0.25) is 4.79 Å². The monoisotopic (exact) mass is 450 g/mol. The van der Waals surface area contributed by atoms with E-state index in [2.05, 4.69) is 10.5 Å². The number of benzene rings is 2. The van der Waals surface area contributed by atoms with Crippen molar-refractivity contribution in [2.24, 2.45) is 5.10 Å². The molecule has 1 amide bonds. The normalized spacial score (nSPS) is 11.7. The van der Waals surface area contributed by atoms with Crippen LogP contribution in [-0.4, -0.2) is 18.7 Å². The molecule has 0 unspecified atom stereocenters. The van der Waals surface area contributed by atoms with Gasteiger partial charge in [-0.2, -0.15) is 18.3 Å². The predicted octanol–water partition coefficient (Wildman–Crippen LogP) is 5.76. The Kier molecular flexibility index (Phi) is 6.70. The quantitative estimate of drug-likeness (QED) is 0.383. The summed E-state index contributed by atoms with van der Waals surface area (Å²) in [7, 11) is 0. The average molecular weight is 451 g/mol. The Bertz CT molecular complexity index is 1100. The second kappa shape index (κ2) is 9.26. The highest BCUT2D eigenvalue weighted by Crippen LogP contribution is 2.32. The number of nitrogens with one attached hydrogen (secondary N) is 1. The van der Waals surface area contributed by atoms with Gasteiger partial charge in [0.05, 0.1) is 11.8 Å². The number of ether oxygens (including phenoxy) is 1. The summed E-state index contributed by atoms with van der Waals surface area (Å²) in [5.41, 5.74) is 3.48. The molecule has 0 radical (unpaired) electrons. The van der Waals surface area contributed by atoms with Gasteiger partial charge in [-0.1, -0.05) is 23.7 Å². The fourth-order valence-electron chi connectivity index (χ4n) is 2.76. The summed E-state index contributed by atoms with van der Waals surface area (Å²) < 4.78 is 49.5. The van der Waals surface area contributed by atoms with Crippen LogP contribution < -0.4 is 10.2 Å². The van der Waals surface area contributed by atoms with Crippen LogP contribution in [0, 0.1) is 13.8 Å². The number of rotatable bonds is 6. The van der Waals surface area contributed by atoms with Crippen LogP contribution in [0.5, 0.6) is 5.75 Å². The van der Waals surface area contributed by atoms with Crippen molar-refractivity contribution in [1.29, 1.82) is 0 Å². The summed E-state index contributed by atoms with van der Waals surface area (Å²) in [5.74, 6) is 0.523. The van der Waals surface area contributed by atoms with Gasteiger partial charge in [-0.15, -0.1) is 0 Å². The van der Waals surface area contributed by atoms with Crippen molar-refractivity contribution in [3.8, 4) is 17.1 Å². The molecule has 3 aromatic rings. The Morgan fingerprint density at radius 1 is 1.16 bits per heavy atom. The third kappa shape index (κ3) is 5.88. The molecule has 0 bridgehead atoms. The molecule has 0 saturated carbocycles. The molecule has 5 nitrogen and oxygen atoms in total. The minimum atomic E-state index is -4.44. The molecule has 162 valence electrons. The smallest absolute Gasteiger partial charge is 0.416 e.